The van der Waals surface area contributed by atoms with Gasteiger partial charge in [0, 0.05) is 31.2 Å². The van der Waals surface area contributed by atoms with Crippen LogP contribution in [-0.2, 0) is 10.5 Å². The lowest BCUT2D eigenvalue weighted by molar-refractivity contribution is 0.0191. The summed E-state index contributed by atoms with van der Waals surface area (Å²) in [5.41, 5.74) is 0.917. The standard InChI is InChI=1S/C17H26N2O2S/c1-17(2,3)21-16(20)19-10-6-15(7-11-19)13-22-12-14-4-8-18-9-5-14/h4-5,8-9,15H,6-7,10-13H2,1-3H3. The van der Waals surface area contributed by atoms with Crippen LogP contribution in [0.25, 0.3) is 0 Å². The van der Waals surface area contributed by atoms with E-state index in [4.69, 9.17) is 4.74 Å². The maximum Gasteiger partial charge on any atom is 0.410 e. The molecule has 0 atom stereocenters. The Morgan fingerprint density at radius 1 is 1.32 bits per heavy atom. The third kappa shape index (κ3) is 5.87. The van der Waals surface area contributed by atoms with Crippen LogP contribution in [0, 0.1) is 5.92 Å². The highest BCUT2D eigenvalue weighted by atomic mass is 32.2. The molecule has 1 aromatic rings. The van der Waals surface area contributed by atoms with Gasteiger partial charge in [0.25, 0.3) is 0 Å². The molecule has 1 aromatic heterocycles. The Kier molecular flexibility index (Phi) is 6.12. The lowest BCUT2D eigenvalue weighted by atomic mass is 9.99. The fourth-order valence-corrected chi connectivity index (χ4v) is 3.64. The molecule has 1 saturated heterocycles. The minimum absolute atomic E-state index is 0.171. The number of rotatable bonds is 4. The molecule has 122 valence electrons. The number of thioether (sulfide) groups is 1. The summed E-state index contributed by atoms with van der Waals surface area (Å²) in [7, 11) is 0. The molecule has 2 heterocycles. The Morgan fingerprint density at radius 3 is 2.55 bits per heavy atom. The summed E-state index contributed by atoms with van der Waals surface area (Å²) < 4.78 is 5.43. The van der Waals surface area contributed by atoms with Gasteiger partial charge in [-0.1, -0.05) is 0 Å². The van der Waals surface area contributed by atoms with E-state index in [9.17, 15) is 4.79 Å². The largest absolute Gasteiger partial charge is 0.444 e. The zero-order valence-electron chi connectivity index (χ0n) is 13.7. The minimum Gasteiger partial charge on any atom is -0.444 e. The summed E-state index contributed by atoms with van der Waals surface area (Å²) >= 11 is 1.97. The Hall–Kier alpha value is -1.23. The number of hydrogen-bond donors (Lipinski definition) is 0. The summed E-state index contributed by atoms with van der Waals surface area (Å²) in [6.07, 6.45) is 5.66. The predicted molar refractivity (Wildman–Crippen MR) is 90.9 cm³/mol. The molecular formula is C17H26N2O2S. The molecule has 5 heteroatoms. The van der Waals surface area contributed by atoms with Gasteiger partial charge in [-0.2, -0.15) is 11.8 Å². The number of pyridine rings is 1. The van der Waals surface area contributed by atoms with Crippen LogP contribution in [0.1, 0.15) is 39.2 Å². The van der Waals surface area contributed by atoms with Gasteiger partial charge in [-0.15, -0.1) is 0 Å². The van der Waals surface area contributed by atoms with Gasteiger partial charge in [0.2, 0.25) is 0 Å². The van der Waals surface area contributed by atoms with Gasteiger partial charge in [-0.3, -0.25) is 4.98 Å². The number of ether oxygens (including phenoxy) is 1. The van der Waals surface area contributed by atoms with E-state index in [-0.39, 0.29) is 6.09 Å². The number of aromatic nitrogens is 1. The van der Waals surface area contributed by atoms with Crippen molar-refractivity contribution in [3.63, 3.8) is 0 Å². The SMILES string of the molecule is CC(C)(C)OC(=O)N1CCC(CSCc2ccncc2)CC1. The van der Waals surface area contributed by atoms with E-state index >= 15 is 0 Å². The van der Waals surface area contributed by atoms with Crippen LogP contribution in [0.4, 0.5) is 4.79 Å². The van der Waals surface area contributed by atoms with Gasteiger partial charge in [0.15, 0.2) is 0 Å². The average Bonchev–Trinajstić information content (AvgIpc) is 2.47. The van der Waals surface area contributed by atoms with Crippen LogP contribution in [0.5, 0.6) is 0 Å². The van der Waals surface area contributed by atoms with Crippen LogP contribution in [0.3, 0.4) is 0 Å². The molecule has 4 nitrogen and oxygen atoms in total. The highest BCUT2D eigenvalue weighted by molar-refractivity contribution is 7.98. The van der Waals surface area contributed by atoms with Gasteiger partial charge in [0.1, 0.15) is 5.60 Å². The van der Waals surface area contributed by atoms with Crippen molar-refractivity contribution in [3.05, 3.63) is 30.1 Å². The van der Waals surface area contributed by atoms with E-state index in [1.165, 1.54) is 5.56 Å². The third-order valence-corrected chi connectivity index (χ3v) is 4.88. The van der Waals surface area contributed by atoms with Crippen LogP contribution >= 0.6 is 11.8 Å². The molecule has 2 rings (SSSR count). The number of nitrogens with zero attached hydrogens (tertiary/aromatic N) is 2. The molecule has 1 fully saturated rings. The van der Waals surface area contributed by atoms with Crippen molar-refractivity contribution in [1.82, 2.24) is 9.88 Å². The third-order valence-electron chi connectivity index (χ3n) is 3.64. The number of likely N-dealkylation sites (tertiary alicyclic amines) is 1. The van der Waals surface area contributed by atoms with E-state index in [1.807, 2.05) is 49.8 Å². The first-order valence-corrected chi connectivity index (χ1v) is 9.04. The smallest absolute Gasteiger partial charge is 0.410 e. The average molecular weight is 322 g/mol. The zero-order valence-corrected chi connectivity index (χ0v) is 14.6. The number of piperidine rings is 1. The molecule has 0 unspecified atom stereocenters. The molecule has 0 bridgehead atoms. The second-order valence-corrected chi connectivity index (χ2v) is 7.81. The van der Waals surface area contributed by atoms with E-state index in [0.29, 0.717) is 5.92 Å². The Bertz CT molecular complexity index is 465. The van der Waals surface area contributed by atoms with Crippen LogP contribution in [-0.4, -0.2) is 40.4 Å². The molecule has 22 heavy (non-hydrogen) atoms. The van der Waals surface area contributed by atoms with Gasteiger partial charge in [-0.25, -0.2) is 4.79 Å². The Labute approximate surface area is 137 Å². The van der Waals surface area contributed by atoms with E-state index < -0.39 is 5.60 Å². The molecule has 0 radical (unpaired) electrons. The summed E-state index contributed by atoms with van der Waals surface area (Å²) in [5, 5.41) is 0. The lowest BCUT2D eigenvalue weighted by Gasteiger charge is -2.33. The fourth-order valence-electron chi connectivity index (χ4n) is 2.43. The minimum atomic E-state index is -0.408. The van der Waals surface area contributed by atoms with Gasteiger partial charge in [-0.05, 0) is 63.0 Å². The number of amides is 1. The zero-order chi connectivity index (χ0) is 16.0. The van der Waals surface area contributed by atoms with Crippen LogP contribution in [0.15, 0.2) is 24.5 Å². The van der Waals surface area contributed by atoms with Gasteiger partial charge >= 0.3 is 6.09 Å². The molecule has 1 aliphatic heterocycles. The quantitative estimate of drug-likeness (QED) is 0.841. The molecule has 0 spiro atoms. The van der Waals surface area contributed by atoms with Crippen LogP contribution in [0.2, 0.25) is 0 Å². The van der Waals surface area contributed by atoms with Crippen molar-refractivity contribution in [2.75, 3.05) is 18.8 Å². The second kappa shape index (κ2) is 7.86. The highest BCUT2D eigenvalue weighted by Gasteiger charge is 2.26. The topological polar surface area (TPSA) is 42.4 Å². The maximum atomic E-state index is 12.0. The highest BCUT2D eigenvalue weighted by Crippen LogP contribution is 2.24. The lowest BCUT2D eigenvalue weighted by Crippen LogP contribution is -2.42. The van der Waals surface area contributed by atoms with Crippen molar-refractivity contribution >= 4 is 17.9 Å². The van der Waals surface area contributed by atoms with Gasteiger partial charge < -0.3 is 9.64 Å². The second-order valence-electron chi connectivity index (χ2n) is 6.78. The van der Waals surface area contributed by atoms with Crippen molar-refractivity contribution in [2.24, 2.45) is 5.92 Å². The van der Waals surface area contributed by atoms with E-state index in [1.54, 1.807) is 0 Å². The molecule has 1 amide bonds. The molecule has 0 aromatic carbocycles. The summed E-state index contributed by atoms with van der Waals surface area (Å²) in [6, 6.07) is 4.14. The van der Waals surface area contributed by atoms with E-state index in [2.05, 4.69) is 17.1 Å². The fraction of sp³-hybridized carbons (Fsp3) is 0.647. The van der Waals surface area contributed by atoms with Crippen molar-refractivity contribution in [2.45, 2.75) is 45.0 Å². The Balaban J connectivity index is 1.66. The molecule has 0 N–H and O–H groups in total. The molecular weight excluding hydrogens is 296 g/mol. The Morgan fingerprint density at radius 2 is 1.95 bits per heavy atom. The normalized spacial score (nSPS) is 16.6. The first-order chi connectivity index (χ1) is 10.4. The molecule has 1 aliphatic rings. The van der Waals surface area contributed by atoms with Crippen LogP contribution < -0.4 is 0 Å². The summed E-state index contributed by atoms with van der Waals surface area (Å²) in [5.74, 6) is 2.89. The monoisotopic (exact) mass is 322 g/mol. The summed E-state index contributed by atoms with van der Waals surface area (Å²) in [4.78, 5) is 17.9. The predicted octanol–water partition coefficient (Wildman–Crippen LogP) is 3.96. The molecule has 0 saturated carbocycles. The number of hydrogen-bond acceptors (Lipinski definition) is 4. The first kappa shape index (κ1) is 17.1. The molecule has 0 aliphatic carbocycles. The van der Waals surface area contributed by atoms with Crippen molar-refractivity contribution < 1.29 is 9.53 Å². The first-order valence-electron chi connectivity index (χ1n) is 7.88. The van der Waals surface area contributed by atoms with Crippen molar-refractivity contribution in [1.29, 1.82) is 0 Å². The van der Waals surface area contributed by atoms with Crippen molar-refractivity contribution in [3.8, 4) is 0 Å². The maximum absolute atomic E-state index is 12.0. The van der Waals surface area contributed by atoms with Gasteiger partial charge in [0.05, 0.1) is 0 Å². The summed E-state index contributed by atoms with van der Waals surface area (Å²) in [6.45, 7) is 7.36. The number of carbonyl (C=O) groups excluding carboxylic acids is 1. The number of carbonyl (C=O) groups is 1. The van der Waals surface area contributed by atoms with E-state index in [0.717, 1.165) is 37.4 Å².